The molecule has 1 aliphatic heterocycles. The number of fused-ring (bicyclic) bond motifs is 4. The molecule has 190 valence electrons. The lowest BCUT2D eigenvalue weighted by Gasteiger charge is -2.28. The SMILES string of the molecule is C[C@@H](OCC(O)CNC(C)(C)Cc1ccc2ccccc2c1)c1c(Cl)ccc2c1[C@@H]1[C@H](O2)[C@H]1C(=O)O. The van der Waals surface area contributed by atoms with Gasteiger partial charge in [-0.1, -0.05) is 54.1 Å². The van der Waals surface area contributed by atoms with Gasteiger partial charge in [0.05, 0.1) is 18.8 Å². The Bertz CT molecular complexity index is 1290. The Morgan fingerprint density at radius 1 is 1.17 bits per heavy atom. The second-order valence-electron chi connectivity index (χ2n) is 10.6. The number of aliphatic carboxylic acids is 1. The highest BCUT2D eigenvalue weighted by Crippen LogP contribution is 2.61. The van der Waals surface area contributed by atoms with Gasteiger partial charge in [0, 0.05) is 34.2 Å². The van der Waals surface area contributed by atoms with Crippen LogP contribution in [-0.4, -0.2) is 47.1 Å². The van der Waals surface area contributed by atoms with Gasteiger partial charge in [0.1, 0.15) is 17.8 Å². The monoisotopic (exact) mass is 509 g/mol. The lowest BCUT2D eigenvalue weighted by molar-refractivity contribution is -0.139. The fourth-order valence-electron chi connectivity index (χ4n) is 5.38. The van der Waals surface area contributed by atoms with Crippen LogP contribution >= 0.6 is 11.6 Å². The standard InChI is InChI=1S/C29H32ClNO5/c1-16(23-21(30)10-11-22-24(23)25-26(28(33)34)27(25)36-22)35-15-20(32)14-31-29(2,3)13-17-8-9-18-6-4-5-7-19(18)12-17/h4-12,16,20,25-27,31-32H,13-15H2,1-3H3,(H,33,34)/t16-,20?,25+,26+,27+/m1/s1. The van der Waals surface area contributed by atoms with Gasteiger partial charge in [-0.05, 0) is 55.7 Å². The number of benzene rings is 3. The highest BCUT2D eigenvalue weighted by atomic mass is 35.5. The Morgan fingerprint density at radius 2 is 1.92 bits per heavy atom. The van der Waals surface area contributed by atoms with E-state index in [2.05, 4.69) is 49.5 Å². The largest absolute Gasteiger partial charge is 0.489 e. The molecule has 5 atom stereocenters. The molecule has 6 nitrogen and oxygen atoms in total. The van der Waals surface area contributed by atoms with E-state index in [1.807, 2.05) is 19.1 Å². The van der Waals surface area contributed by atoms with Crippen molar-refractivity contribution >= 4 is 28.3 Å². The van der Waals surface area contributed by atoms with Crippen molar-refractivity contribution < 1.29 is 24.5 Å². The molecule has 0 spiro atoms. The fraction of sp³-hybridized carbons (Fsp3) is 0.414. The minimum Gasteiger partial charge on any atom is -0.489 e. The van der Waals surface area contributed by atoms with Crippen molar-refractivity contribution in [1.29, 1.82) is 0 Å². The average molecular weight is 510 g/mol. The number of carboxylic acid groups (broad SMARTS) is 1. The van der Waals surface area contributed by atoms with Gasteiger partial charge in [-0.2, -0.15) is 0 Å². The summed E-state index contributed by atoms with van der Waals surface area (Å²) in [6, 6.07) is 18.4. The van der Waals surface area contributed by atoms with Gasteiger partial charge in [-0.3, -0.25) is 4.79 Å². The summed E-state index contributed by atoms with van der Waals surface area (Å²) < 4.78 is 11.8. The number of halogens is 1. The first kappa shape index (κ1) is 25.0. The summed E-state index contributed by atoms with van der Waals surface area (Å²) in [6.07, 6.45) is -0.636. The van der Waals surface area contributed by atoms with E-state index < -0.39 is 24.1 Å². The molecule has 1 fully saturated rings. The van der Waals surface area contributed by atoms with Crippen LogP contribution in [0.2, 0.25) is 5.02 Å². The molecule has 3 aromatic carbocycles. The summed E-state index contributed by atoms with van der Waals surface area (Å²) in [6.45, 7) is 6.61. The number of aliphatic hydroxyl groups excluding tert-OH is 1. The van der Waals surface area contributed by atoms with Crippen LogP contribution < -0.4 is 10.1 Å². The molecule has 0 aromatic heterocycles. The molecular formula is C29H32ClNO5. The van der Waals surface area contributed by atoms with Gasteiger partial charge in [-0.25, -0.2) is 0 Å². The molecular weight excluding hydrogens is 478 g/mol. The van der Waals surface area contributed by atoms with Crippen molar-refractivity contribution in [2.45, 2.75) is 57.0 Å². The number of nitrogens with one attached hydrogen (secondary N) is 1. The Balaban J connectivity index is 1.16. The van der Waals surface area contributed by atoms with E-state index in [-0.39, 0.29) is 24.2 Å². The number of β-amino-alcohol motifs (C(OH)–C–C–N with tert-alkyl or cyclic N) is 1. The Labute approximate surface area is 216 Å². The first-order valence-electron chi connectivity index (χ1n) is 12.4. The molecule has 1 saturated carbocycles. The number of hydrogen-bond donors (Lipinski definition) is 3. The first-order chi connectivity index (χ1) is 17.1. The molecule has 1 aliphatic carbocycles. The summed E-state index contributed by atoms with van der Waals surface area (Å²) in [5.74, 6) is -0.917. The number of hydrogen-bond acceptors (Lipinski definition) is 5. The predicted octanol–water partition coefficient (Wildman–Crippen LogP) is 5.10. The second kappa shape index (κ2) is 9.67. The van der Waals surface area contributed by atoms with Crippen molar-refractivity contribution in [1.82, 2.24) is 5.32 Å². The number of rotatable bonds is 10. The van der Waals surface area contributed by atoms with Crippen molar-refractivity contribution in [2.75, 3.05) is 13.2 Å². The minimum atomic E-state index is -0.858. The van der Waals surface area contributed by atoms with Crippen molar-refractivity contribution in [3.63, 3.8) is 0 Å². The Kier molecular flexibility index (Phi) is 6.72. The summed E-state index contributed by atoms with van der Waals surface area (Å²) in [4.78, 5) is 11.5. The smallest absolute Gasteiger partial charge is 0.311 e. The maximum atomic E-state index is 11.5. The van der Waals surface area contributed by atoms with Crippen LogP contribution in [0.1, 0.15) is 49.5 Å². The lowest BCUT2D eigenvalue weighted by atomic mass is 9.93. The Hall–Kier alpha value is -2.64. The van der Waals surface area contributed by atoms with Crippen molar-refractivity contribution in [3.05, 3.63) is 76.3 Å². The van der Waals surface area contributed by atoms with E-state index in [0.717, 1.165) is 17.5 Å². The van der Waals surface area contributed by atoms with Crippen LogP contribution in [0.3, 0.4) is 0 Å². The molecule has 0 bridgehead atoms. The van der Waals surface area contributed by atoms with Crippen molar-refractivity contribution in [3.8, 4) is 5.75 Å². The van der Waals surface area contributed by atoms with Gasteiger partial charge in [0.2, 0.25) is 0 Å². The number of carboxylic acids is 1. The molecule has 0 radical (unpaired) electrons. The molecule has 3 N–H and O–H groups in total. The summed E-state index contributed by atoms with van der Waals surface area (Å²) in [5.41, 5.74) is 2.60. The van der Waals surface area contributed by atoms with Crippen molar-refractivity contribution in [2.24, 2.45) is 5.92 Å². The zero-order valence-corrected chi connectivity index (χ0v) is 21.5. The molecule has 0 amide bonds. The predicted molar refractivity (Wildman–Crippen MR) is 140 cm³/mol. The van der Waals surface area contributed by atoms with E-state index >= 15 is 0 Å². The first-order valence-corrected chi connectivity index (χ1v) is 12.8. The van der Waals surface area contributed by atoms with Crippen LogP contribution in [-0.2, 0) is 16.0 Å². The Morgan fingerprint density at radius 3 is 2.67 bits per heavy atom. The highest BCUT2D eigenvalue weighted by Gasteiger charge is 2.64. The maximum Gasteiger partial charge on any atom is 0.311 e. The van der Waals surface area contributed by atoms with Crippen LogP contribution in [0.25, 0.3) is 10.8 Å². The zero-order chi connectivity index (χ0) is 25.6. The molecule has 36 heavy (non-hydrogen) atoms. The average Bonchev–Trinajstić information content (AvgIpc) is 3.44. The maximum absolute atomic E-state index is 11.5. The molecule has 7 heteroatoms. The van der Waals surface area contributed by atoms with E-state index in [0.29, 0.717) is 17.3 Å². The third-order valence-electron chi connectivity index (χ3n) is 7.25. The van der Waals surface area contributed by atoms with E-state index in [9.17, 15) is 15.0 Å². The lowest BCUT2D eigenvalue weighted by Crippen LogP contribution is -2.46. The van der Waals surface area contributed by atoms with E-state index in [4.69, 9.17) is 21.1 Å². The fourth-order valence-corrected chi connectivity index (χ4v) is 5.70. The van der Waals surface area contributed by atoms with Crippen LogP contribution in [0.5, 0.6) is 5.75 Å². The quantitative estimate of drug-likeness (QED) is 0.352. The molecule has 2 aliphatic rings. The van der Waals surface area contributed by atoms with Gasteiger partial charge in [0.15, 0.2) is 0 Å². The summed E-state index contributed by atoms with van der Waals surface area (Å²) >= 11 is 6.51. The molecule has 3 aromatic rings. The summed E-state index contributed by atoms with van der Waals surface area (Å²) in [7, 11) is 0. The molecule has 5 rings (SSSR count). The molecule has 0 saturated heterocycles. The number of aliphatic hydroxyl groups is 1. The van der Waals surface area contributed by atoms with Crippen LogP contribution in [0.4, 0.5) is 0 Å². The normalized spacial score (nSPS) is 22.0. The van der Waals surface area contributed by atoms with E-state index in [1.165, 1.54) is 16.3 Å². The molecule has 1 heterocycles. The second-order valence-corrected chi connectivity index (χ2v) is 11.0. The summed E-state index contributed by atoms with van der Waals surface area (Å²) in [5, 5.41) is 26.5. The topological polar surface area (TPSA) is 88.0 Å². The van der Waals surface area contributed by atoms with E-state index in [1.54, 1.807) is 12.1 Å². The van der Waals surface area contributed by atoms with Gasteiger partial charge in [-0.15, -0.1) is 0 Å². The number of carbonyl (C=O) groups is 1. The third kappa shape index (κ3) is 4.96. The van der Waals surface area contributed by atoms with Gasteiger partial charge in [0.25, 0.3) is 0 Å². The third-order valence-corrected chi connectivity index (χ3v) is 7.58. The van der Waals surface area contributed by atoms with Crippen LogP contribution in [0.15, 0.2) is 54.6 Å². The highest BCUT2D eigenvalue weighted by molar-refractivity contribution is 6.31. The number of ether oxygens (including phenoxy) is 2. The zero-order valence-electron chi connectivity index (χ0n) is 20.7. The molecule has 1 unspecified atom stereocenters. The van der Waals surface area contributed by atoms with Crippen LogP contribution in [0, 0.1) is 5.92 Å². The van der Waals surface area contributed by atoms with Gasteiger partial charge < -0.3 is 25.0 Å². The minimum absolute atomic E-state index is 0.123. The van der Waals surface area contributed by atoms with Gasteiger partial charge >= 0.3 is 5.97 Å².